The summed E-state index contributed by atoms with van der Waals surface area (Å²) >= 11 is 6.40. The van der Waals surface area contributed by atoms with Gasteiger partial charge in [0.1, 0.15) is 16.4 Å². The smallest absolute Gasteiger partial charge is 0.346 e. The lowest BCUT2D eigenvalue weighted by molar-refractivity contribution is 0.240. The van der Waals surface area contributed by atoms with E-state index in [1.54, 1.807) is 14.0 Å². The van der Waals surface area contributed by atoms with E-state index in [0.29, 0.717) is 29.1 Å². The molecule has 0 aliphatic carbocycles. The Balaban J connectivity index is 2.20. The number of sulfone groups is 1. The van der Waals surface area contributed by atoms with Gasteiger partial charge in [0.2, 0.25) is 0 Å². The largest absolute Gasteiger partial charge is 0.350 e. The number of fused-ring (bicyclic) bond motifs is 2. The van der Waals surface area contributed by atoms with E-state index in [2.05, 4.69) is 14.9 Å². The molecule has 0 saturated carbocycles. The van der Waals surface area contributed by atoms with Crippen molar-refractivity contribution in [2.24, 2.45) is 7.05 Å². The van der Waals surface area contributed by atoms with Crippen LogP contribution in [0, 0.1) is 6.92 Å². The molecule has 2 aliphatic rings. The Bertz CT molecular complexity index is 1100. The first-order valence-corrected chi connectivity index (χ1v) is 10.4. The number of aryl methyl sites for hydroxylation is 2. The maximum atomic E-state index is 13.2. The first-order valence-electron chi connectivity index (χ1n) is 8.38. The number of halogens is 1. The van der Waals surface area contributed by atoms with Crippen LogP contribution >= 0.6 is 11.6 Å². The zero-order chi connectivity index (χ0) is 19.0. The quantitative estimate of drug-likeness (QED) is 0.642. The van der Waals surface area contributed by atoms with Gasteiger partial charge in [0.05, 0.1) is 27.9 Å². The molecule has 0 aromatic carbocycles. The van der Waals surface area contributed by atoms with Gasteiger partial charge in [0.15, 0.2) is 9.84 Å². The van der Waals surface area contributed by atoms with Crippen molar-refractivity contribution in [3.05, 3.63) is 21.2 Å². The Hall–Kier alpha value is -1.71. The second-order valence-corrected chi connectivity index (χ2v) is 9.58. The van der Waals surface area contributed by atoms with E-state index in [-0.39, 0.29) is 27.8 Å². The Labute approximate surface area is 156 Å². The van der Waals surface area contributed by atoms with Gasteiger partial charge in [0.25, 0.3) is 0 Å². The van der Waals surface area contributed by atoms with Crippen molar-refractivity contribution in [3.8, 4) is 0 Å². The molecule has 2 unspecified atom stereocenters. The molecule has 0 bridgehead atoms. The number of anilines is 1. The maximum Gasteiger partial charge on any atom is 0.350 e. The van der Waals surface area contributed by atoms with E-state index in [1.165, 1.54) is 4.57 Å². The van der Waals surface area contributed by atoms with Crippen molar-refractivity contribution in [3.63, 3.8) is 0 Å². The summed E-state index contributed by atoms with van der Waals surface area (Å²) in [6.45, 7) is 4.97. The molecule has 26 heavy (non-hydrogen) atoms. The van der Waals surface area contributed by atoms with E-state index in [4.69, 9.17) is 11.6 Å². The van der Waals surface area contributed by atoms with Gasteiger partial charge in [-0.05, 0) is 20.9 Å². The lowest BCUT2D eigenvalue weighted by Crippen LogP contribution is -2.59. The summed E-state index contributed by atoms with van der Waals surface area (Å²) in [6.07, 6.45) is 0. The first kappa shape index (κ1) is 17.7. The van der Waals surface area contributed by atoms with Crippen molar-refractivity contribution >= 4 is 38.3 Å². The monoisotopic (exact) mass is 397 g/mol. The van der Waals surface area contributed by atoms with E-state index < -0.39 is 15.5 Å². The van der Waals surface area contributed by atoms with Gasteiger partial charge in [-0.2, -0.15) is 4.98 Å². The zero-order valence-electron chi connectivity index (χ0n) is 15.0. The summed E-state index contributed by atoms with van der Waals surface area (Å²) in [5.74, 6) is 0.299. The first-order chi connectivity index (χ1) is 12.1. The van der Waals surface area contributed by atoms with Gasteiger partial charge in [0, 0.05) is 26.2 Å². The second kappa shape index (κ2) is 5.64. The molecular weight excluding hydrogens is 378 g/mol. The third-order valence-electron chi connectivity index (χ3n) is 5.21. The third-order valence-corrected chi connectivity index (χ3v) is 7.63. The normalized spacial score (nSPS) is 25.2. The molecule has 2 aromatic heterocycles. The van der Waals surface area contributed by atoms with Crippen LogP contribution in [0.2, 0.25) is 5.02 Å². The topological polar surface area (TPSA) is 88.4 Å². The highest BCUT2D eigenvalue weighted by molar-refractivity contribution is 7.91. The molecule has 140 valence electrons. The number of likely N-dealkylation sites (N-methyl/N-ethyl adjacent to an activating group) is 1. The van der Waals surface area contributed by atoms with E-state index in [0.717, 1.165) is 6.54 Å². The summed E-state index contributed by atoms with van der Waals surface area (Å²) in [7, 11) is -0.175. The van der Waals surface area contributed by atoms with Crippen molar-refractivity contribution in [2.75, 3.05) is 30.8 Å². The van der Waals surface area contributed by atoms with Crippen LogP contribution in [0.25, 0.3) is 11.0 Å². The third kappa shape index (κ3) is 2.37. The van der Waals surface area contributed by atoms with Crippen LogP contribution in [0.5, 0.6) is 0 Å². The van der Waals surface area contributed by atoms with Crippen molar-refractivity contribution < 1.29 is 8.42 Å². The summed E-state index contributed by atoms with van der Waals surface area (Å²) in [5.41, 5.74) is 0.221. The average molecular weight is 398 g/mol. The van der Waals surface area contributed by atoms with Crippen LogP contribution in [-0.4, -0.2) is 65.8 Å². The molecule has 2 atom stereocenters. The van der Waals surface area contributed by atoms with Crippen LogP contribution < -0.4 is 10.6 Å². The number of rotatable bonds is 0. The summed E-state index contributed by atoms with van der Waals surface area (Å²) in [5, 5.41) is 0.460. The maximum absolute atomic E-state index is 13.2. The Morgan fingerprint density at radius 1 is 1.19 bits per heavy atom. The highest BCUT2D eigenvalue weighted by atomic mass is 35.5. The van der Waals surface area contributed by atoms with Crippen molar-refractivity contribution in [1.82, 2.24) is 19.4 Å². The average Bonchev–Trinajstić information content (AvgIpc) is 2.61. The predicted molar refractivity (Wildman–Crippen MR) is 99.8 cm³/mol. The molecule has 4 heterocycles. The van der Waals surface area contributed by atoms with Crippen LogP contribution in [0.4, 0.5) is 5.82 Å². The lowest BCUT2D eigenvalue weighted by Gasteiger charge is -2.44. The van der Waals surface area contributed by atoms with E-state index in [1.807, 2.05) is 18.9 Å². The number of aromatic nitrogens is 3. The van der Waals surface area contributed by atoms with Gasteiger partial charge in [-0.1, -0.05) is 11.6 Å². The van der Waals surface area contributed by atoms with Gasteiger partial charge in [-0.3, -0.25) is 4.57 Å². The zero-order valence-corrected chi connectivity index (χ0v) is 16.6. The molecule has 0 spiro atoms. The Kier molecular flexibility index (Phi) is 3.84. The van der Waals surface area contributed by atoms with E-state index >= 15 is 0 Å². The number of nitrogens with zero attached hydrogens (tertiary/aromatic N) is 5. The molecule has 1 saturated heterocycles. The highest BCUT2D eigenvalue weighted by Gasteiger charge is 2.42. The molecule has 2 aliphatic heterocycles. The van der Waals surface area contributed by atoms with Crippen LogP contribution in [0.15, 0.2) is 9.69 Å². The Morgan fingerprint density at radius 3 is 2.58 bits per heavy atom. The minimum atomic E-state index is -3.68. The van der Waals surface area contributed by atoms with Crippen LogP contribution in [0.1, 0.15) is 12.6 Å². The number of piperazine rings is 1. The Morgan fingerprint density at radius 2 is 1.88 bits per heavy atom. The molecule has 1 fully saturated rings. The summed E-state index contributed by atoms with van der Waals surface area (Å²) in [4.78, 5) is 25.2. The molecular formula is C16H20ClN5O3S. The number of pyridine rings is 1. The highest BCUT2D eigenvalue weighted by Crippen LogP contribution is 2.41. The standard InChI is InChI=1S/C16H20ClN5O3S/c1-8-5-20(3)6-10-7-26(24,25)13-11-14(18-9(2)12(13)17)21(4)16(23)19-15(11)22(8)10/h8,10H,5-7H2,1-4H3. The number of hydrogen-bond acceptors (Lipinski definition) is 7. The van der Waals surface area contributed by atoms with Gasteiger partial charge < -0.3 is 9.80 Å². The van der Waals surface area contributed by atoms with Crippen molar-refractivity contribution in [1.29, 1.82) is 0 Å². The fourth-order valence-corrected chi connectivity index (χ4v) is 6.49. The molecule has 4 rings (SSSR count). The SMILES string of the molecule is Cc1nc2c3c(nc(=O)n2C)N2C(C)CN(C)CC2CS(=O)(=O)c3c1Cl. The van der Waals surface area contributed by atoms with Crippen LogP contribution in [0.3, 0.4) is 0 Å². The molecule has 10 heteroatoms. The van der Waals surface area contributed by atoms with Crippen molar-refractivity contribution in [2.45, 2.75) is 30.8 Å². The van der Waals surface area contributed by atoms with Gasteiger partial charge in [-0.25, -0.2) is 18.2 Å². The van der Waals surface area contributed by atoms with Gasteiger partial charge >= 0.3 is 5.69 Å². The molecule has 0 amide bonds. The summed E-state index contributed by atoms with van der Waals surface area (Å²) < 4.78 is 27.8. The fourth-order valence-electron chi connectivity index (χ4n) is 4.15. The van der Waals surface area contributed by atoms with Crippen LogP contribution in [-0.2, 0) is 16.9 Å². The molecule has 2 aromatic rings. The fraction of sp³-hybridized carbons (Fsp3) is 0.562. The van der Waals surface area contributed by atoms with E-state index in [9.17, 15) is 13.2 Å². The second-order valence-electron chi connectivity index (χ2n) is 7.23. The molecule has 0 radical (unpaired) electrons. The minimum Gasteiger partial charge on any atom is -0.346 e. The number of hydrogen-bond donors (Lipinski definition) is 0. The predicted octanol–water partition coefficient (Wildman–Crippen LogP) is 0.587. The molecule has 8 nitrogen and oxygen atoms in total. The lowest BCUT2D eigenvalue weighted by atomic mass is 10.1. The molecule has 0 N–H and O–H groups in total. The summed E-state index contributed by atoms with van der Waals surface area (Å²) in [6, 6.07) is -0.303. The minimum absolute atomic E-state index is 0.00258. The van der Waals surface area contributed by atoms with Gasteiger partial charge in [-0.15, -0.1) is 0 Å².